The number of rotatable bonds is 2. The average Bonchev–Trinajstić information content (AvgIpc) is 2.44. The Morgan fingerprint density at radius 3 is 2.25 bits per heavy atom. The standard InChI is InChI=1S/C15H14F2O.C2H6/c1-4-9-5-13(16)15(17)12-7-10(18)6-11(8(2)3)14(9)12;1-2/h4-8,18H,1H2,2-3H3;1-2H3. The van der Waals surface area contributed by atoms with E-state index in [-0.39, 0.29) is 17.1 Å². The highest BCUT2D eigenvalue weighted by atomic mass is 19.2. The maximum Gasteiger partial charge on any atom is 0.166 e. The molecule has 1 N–H and O–H groups in total. The molecule has 2 aromatic carbocycles. The first kappa shape index (κ1) is 16.2. The number of aromatic hydroxyl groups is 1. The topological polar surface area (TPSA) is 20.2 Å². The highest BCUT2D eigenvalue weighted by Crippen LogP contribution is 2.35. The Labute approximate surface area is 118 Å². The molecule has 0 aliphatic rings. The number of hydrogen-bond donors (Lipinski definition) is 1. The number of halogens is 2. The largest absolute Gasteiger partial charge is 0.508 e. The van der Waals surface area contributed by atoms with Crippen LogP contribution in [0.5, 0.6) is 5.75 Å². The van der Waals surface area contributed by atoms with Crippen LogP contribution in [0.25, 0.3) is 16.8 Å². The minimum Gasteiger partial charge on any atom is -0.508 e. The van der Waals surface area contributed by atoms with Crippen molar-refractivity contribution in [1.29, 1.82) is 0 Å². The van der Waals surface area contributed by atoms with Crippen molar-refractivity contribution in [2.75, 3.05) is 0 Å². The van der Waals surface area contributed by atoms with Gasteiger partial charge in [-0.05, 0) is 40.6 Å². The molecule has 0 spiro atoms. The van der Waals surface area contributed by atoms with Gasteiger partial charge in [0.1, 0.15) is 5.75 Å². The molecule has 0 atom stereocenters. The van der Waals surface area contributed by atoms with Gasteiger partial charge in [0, 0.05) is 5.39 Å². The summed E-state index contributed by atoms with van der Waals surface area (Å²) >= 11 is 0. The number of hydrogen-bond acceptors (Lipinski definition) is 1. The van der Waals surface area contributed by atoms with Crippen LogP contribution < -0.4 is 0 Å². The minimum absolute atomic E-state index is 0.0642. The molecule has 1 nitrogen and oxygen atoms in total. The van der Waals surface area contributed by atoms with Gasteiger partial charge in [-0.2, -0.15) is 0 Å². The summed E-state index contributed by atoms with van der Waals surface area (Å²) in [6.45, 7) is 11.5. The normalized spacial score (nSPS) is 10.3. The fraction of sp³-hybridized carbons (Fsp3) is 0.294. The van der Waals surface area contributed by atoms with Crippen molar-refractivity contribution in [3.8, 4) is 5.75 Å². The summed E-state index contributed by atoms with van der Waals surface area (Å²) in [7, 11) is 0. The molecule has 0 amide bonds. The molecule has 20 heavy (non-hydrogen) atoms. The third-order valence-corrected chi connectivity index (χ3v) is 3.01. The highest BCUT2D eigenvalue weighted by molar-refractivity contribution is 5.95. The van der Waals surface area contributed by atoms with Crippen LogP contribution in [0.3, 0.4) is 0 Å². The van der Waals surface area contributed by atoms with E-state index in [0.717, 1.165) is 11.6 Å². The van der Waals surface area contributed by atoms with E-state index < -0.39 is 11.6 Å². The minimum atomic E-state index is -0.937. The van der Waals surface area contributed by atoms with Gasteiger partial charge in [-0.3, -0.25) is 0 Å². The summed E-state index contributed by atoms with van der Waals surface area (Å²) in [4.78, 5) is 0. The molecular formula is C17H20F2O. The smallest absolute Gasteiger partial charge is 0.166 e. The first-order valence-corrected chi connectivity index (χ1v) is 6.72. The lowest BCUT2D eigenvalue weighted by molar-refractivity contribution is 0.474. The van der Waals surface area contributed by atoms with Crippen molar-refractivity contribution < 1.29 is 13.9 Å². The monoisotopic (exact) mass is 278 g/mol. The average molecular weight is 278 g/mol. The fourth-order valence-corrected chi connectivity index (χ4v) is 2.16. The van der Waals surface area contributed by atoms with Gasteiger partial charge in [-0.1, -0.05) is 40.3 Å². The number of fused-ring (bicyclic) bond motifs is 1. The summed E-state index contributed by atoms with van der Waals surface area (Å²) in [5, 5.41) is 10.3. The van der Waals surface area contributed by atoms with Gasteiger partial charge in [0.05, 0.1) is 0 Å². The maximum absolute atomic E-state index is 13.8. The van der Waals surface area contributed by atoms with Crippen molar-refractivity contribution >= 4 is 16.8 Å². The van der Waals surface area contributed by atoms with E-state index in [0.29, 0.717) is 10.9 Å². The lowest BCUT2D eigenvalue weighted by atomic mass is 9.92. The van der Waals surface area contributed by atoms with Crippen LogP contribution >= 0.6 is 0 Å². The van der Waals surface area contributed by atoms with E-state index in [9.17, 15) is 13.9 Å². The Balaban J connectivity index is 0.000000956. The van der Waals surface area contributed by atoms with E-state index in [1.807, 2.05) is 27.7 Å². The van der Waals surface area contributed by atoms with Crippen molar-refractivity contribution in [2.45, 2.75) is 33.6 Å². The molecule has 0 aliphatic carbocycles. The molecule has 0 aromatic heterocycles. The highest BCUT2D eigenvalue weighted by Gasteiger charge is 2.16. The van der Waals surface area contributed by atoms with Gasteiger partial charge in [0.15, 0.2) is 11.6 Å². The molecule has 3 heteroatoms. The van der Waals surface area contributed by atoms with Crippen molar-refractivity contribution in [1.82, 2.24) is 0 Å². The second-order valence-electron chi connectivity index (χ2n) is 4.58. The van der Waals surface area contributed by atoms with Gasteiger partial charge < -0.3 is 5.11 Å². The predicted molar refractivity (Wildman–Crippen MR) is 81.1 cm³/mol. The van der Waals surface area contributed by atoms with Gasteiger partial charge >= 0.3 is 0 Å². The number of benzene rings is 2. The second kappa shape index (κ2) is 6.51. The molecule has 2 aromatic rings. The fourth-order valence-electron chi connectivity index (χ4n) is 2.16. The number of phenols is 1. The summed E-state index contributed by atoms with van der Waals surface area (Å²) in [5.41, 5.74) is 1.31. The zero-order chi connectivity index (χ0) is 15.4. The Hall–Kier alpha value is -1.90. The van der Waals surface area contributed by atoms with Crippen LogP contribution in [0.2, 0.25) is 0 Å². The van der Waals surface area contributed by atoms with Crippen molar-refractivity contribution in [2.24, 2.45) is 0 Å². The predicted octanol–water partition coefficient (Wildman–Crippen LogP) is 5.62. The molecule has 0 unspecified atom stereocenters. The summed E-state index contributed by atoms with van der Waals surface area (Å²) in [6.07, 6.45) is 1.49. The van der Waals surface area contributed by atoms with Crippen LogP contribution in [0, 0.1) is 11.6 Å². The Morgan fingerprint density at radius 2 is 1.75 bits per heavy atom. The Morgan fingerprint density at radius 1 is 1.15 bits per heavy atom. The quantitative estimate of drug-likeness (QED) is 0.756. The summed E-state index contributed by atoms with van der Waals surface area (Å²) in [6, 6.07) is 3.96. The second-order valence-corrected chi connectivity index (χ2v) is 4.58. The van der Waals surface area contributed by atoms with Crippen LogP contribution in [-0.4, -0.2) is 5.11 Å². The van der Waals surface area contributed by atoms with Gasteiger partial charge in [-0.25, -0.2) is 8.78 Å². The van der Waals surface area contributed by atoms with E-state index in [1.54, 1.807) is 6.07 Å². The molecule has 0 aliphatic heterocycles. The third kappa shape index (κ3) is 2.82. The Bertz CT molecular complexity index is 631. The molecule has 0 radical (unpaired) electrons. The first-order chi connectivity index (χ1) is 9.45. The maximum atomic E-state index is 13.8. The molecule has 0 saturated heterocycles. The van der Waals surface area contributed by atoms with Gasteiger partial charge in [0.25, 0.3) is 0 Å². The molecule has 0 bridgehead atoms. The SMILES string of the molecule is C=Cc1cc(F)c(F)c2cc(O)cc(C(C)C)c12.CC. The van der Waals surface area contributed by atoms with Gasteiger partial charge in [0.2, 0.25) is 0 Å². The van der Waals surface area contributed by atoms with E-state index in [4.69, 9.17) is 0 Å². The number of phenolic OH excluding ortho intramolecular Hbond substituents is 1. The van der Waals surface area contributed by atoms with Crippen LogP contribution in [-0.2, 0) is 0 Å². The third-order valence-electron chi connectivity index (χ3n) is 3.01. The van der Waals surface area contributed by atoms with Crippen LogP contribution in [0.4, 0.5) is 8.78 Å². The van der Waals surface area contributed by atoms with Crippen LogP contribution in [0.1, 0.15) is 44.7 Å². The summed E-state index contributed by atoms with van der Waals surface area (Å²) in [5.74, 6) is -1.85. The molecule has 108 valence electrons. The molecular weight excluding hydrogens is 258 g/mol. The molecule has 0 saturated carbocycles. The molecule has 0 fully saturated rings. The lowest BCUT2D eigenvalue weighted by Gasteiger charge is -2.14. The molecule has 0 heterocycles. The summed E-state index contributed by atoms with van der Waals surface area (Å²) < 4.78 is 27.3. The van der Waals surface area contributed by atoms with E-state index in [2.05, 4.69) is 6.58 Å². The Kier molecular flexibility index (Phi) is 5.26. The van der Waals surface area contributed by atoms with E-state index in [1.165, 1.54) is 12.1 Å². The zero-order valence-corrected chi connectivity index (χ0v) is 12.3. The van der Waals surface area contributed by atoms with Crippen LogP contribution in [0.15, 0.2) is 24.8 Å². The first-order valence-electron chi connectivity index (χ1n) is 6.72. The molecule has 2 rings (SSSR count). The lowest BCUT2D eigenvalue weighted by Crippen LogP contribution is -1.96. The van der Waals surface area contributed by atoms with Crippen molar-refractivity contribution in [3.05, 3.63) is 47.5 Å². The van der Waals surface area contributed by atoms with E-state index >= 15 is 0 Å². The van der Waals surface area contributed by atoms with Gasteiger partial charge in [-0.15, -0.1) is 0 Å². The van der Waals surface area contributed by atoms with Crippen molar-refractivity contribution in [3.63, 3.8) is 0 Å². The zero-order valence-electron chi connectivity index (χ0n) is 12.3.